The normalized spacial score (nSPS) is 15.0. The number of morpholine rings is 1. The third-order valence-electron chi connectivity index (χ3n) is 4.04. The van der Waals surface area contributed by atoms with Crippen LogP contribution in [-0.2, 0) is 4.74 Å². The first kappa shape index (κ1) is 19.4. The zero-order chi connectivity index (χ0) is 19.8. The van der Waals surface area contributed by atoms with Gasteiger partial charge in [0, 0.05) is 31.5 Å². The number of aliphatic imine (C=N–C) groups is 1. The van der Waals surface area contributed by atoms with Crippen LogP contribution in [0.4, 0.5) is 15.8 Å². The lowest BCUT2D eigenvalue weighted by atomic mass is 10.2. The highest BCUT2D eigenvalue weighted by Gasteiger charge is 2.15. The van der Waals surface area contributed by atoms with Crippen LogP contribution in [0.3, 0.4) is 0 Å². The molecular weight excluding hydrogens is 365 g/mol. The first-order valence-corrected chi connectivity index (χ1v) is 8.64. The summed E-state index contributed by atoms with van der Waals surface area (Å²) in [5.41, 5.74) is 1.42. The molecule has 1 aliphatic heterocycles. The second kappa shape index (κ2) is 9.51. The molecule has 1 aliphatic rings. The van der Waals surface area contributed by atoms with Crippen LogP contribution in [0, 0.1) is 5.82 Å². The monoisotopic (exact) mass is 385 g/mol. The number of amides is 1. The van der Waals surface area contributed by atoms with Gasteiger partial charge in [-0.25, -0.2) is 9.37 Å². The number of carbonyl (C=O) groups excluding carboxylic acids is 1. The van der Waals surface area contributed by atoms with Crippen molar-refractivity contribution in [2.24, 2.45) is 15.9 Å². The number of benzene rings is 1. The lowest BCUT2D eigenvalue weighted by molar-refractivity contribution is 0.0954. The van der Waals surface area contributed by atoms with E-state index in [-0.39, 0.29) is 18.1 Å². The van der Waals surface area contributed by atoms with Crippen molar-refractivity contribution >= 4 is 29.2 Å². The molecule has 9 nitrogen and oxygen atoms in total. The molecule has 3 rings (SSSR count). The van der Waals surface area contributed by atoms with Gasteiger partial charge >= 0.3 is 0 Å². The van der Waals surface area contributed by atoms with Crippen LogP contribution >= 0.6 is 0 Å². The molecule has 0 aliphatic carbocycles. The summed E-state index contributed by atoms with van der Waals surface area (Å²) in [7, 11) is 0. The Balaban J connectivity index is 1.60. The smallest absolute Gasteiger partial charge is 0.271 e. The average Bonchev–Trinajstić information content (AvgIpc) is 2.75. The molecule has 0 unspecified atom stereocenters. The van der Waals surface area contributed by atoms with E-state index in [1.54, 1.807) is 12.1 Å². The van der Waals surface area contributed by atoms with Crippen molar-refractivity contribution in [2.45, 2.75) is 0 Å². The van der Waals surface area contributed by atoms with E-state index in [0.29, 0.717) is 43.4 Å². The van der Waals surface area contributed by atoms with Crippen molar-refractivity contribution in [3.8, 4) is 0 Å². The van der Waals surface area contributed by atoms with Crippen LogP contribution in [-0.4, -0.2) is 60.6 Å². The topological polar surface area (TPSA) is 118 Å². The Bertz CT molecular complexity index is 867. The molecule has 10 heteroatoms. The predicted octanol–water partition coefficient (Wildman–Crippen LogP) is 0.899. The van der Waals surface area contributed by atoms with E-state index in [1.165, 1.54) is 30.9 Å². The minimum absolute atomic E-state index is 0.0454. The first-order chi connectivity index (χ1) is 13.7. The van der Waals surface area contributed by atoms with Gasteiger partial charge in [-0.15, -0.1) is 0 Å². The van der Waals surface area contributed by atoms with Crippen LogP contribution in [0.25, 0.3) is 0 Å². The molecule has 2 aromatic rings. The maximum absolute atomic E-state index is 14.4. The van der Waals surface area contributed by atoms with Gasteiger partial charge in [-0.3, -0.25) is 14.8 Å². The number of hydrazone groups is 1. The van der Waals surface area contributed by atoms with E-state index in [9.17, 15) is 9.18 Å². The second-order valence-corrected chi connectivity index (χ2v) is 5.89. The Labute approximate surface area is 161 Å². The average molecular weight is 385 g/mol. The highest BCUT2D eigenvalue weighted by molar-refractivity contribution is 6.32. The SMILES string of the molecule is NN=C(C=Nc1ccc(N2CCOCC2)c(F)c1)CNC(=O)c1cnccn1. The number of hydrogen-bond acceptors (Lipinski definition) is 8. The summed E-state index contributed by atoms with van der Waals surface area (Å²) in [5.74, 6) is 4.56. The van der Waals surface area contributed by atoms with Gasteiger partial charge in [-0.2, -0.15) is 5.10 Å². The third-order valence-corrected chi connectivity index (χ3v) is 4.04. The summed E-state index contributed by atoms with van der Waals surface area (Å²) in [4.78, 5) is 25.8. The van der Waals surface area contributed by atoms with Crippen molar-refractivity contribution < 1.29 is 13.9 Å². The van der Waals surface area contributed by atoms with Gasteiger partial charge < -0.3 is 20.8 Å². The standard InChI is InChI=1S/C18H20FN7O2/c19-15-9-13(1-2-17(15)26-5-7-28-8-6-26)23-10-14(25-20)11-24-18(27)16-12-21-3-4-22-16/h1-4,9-10,12H,5-8,11,20H2,(H,24,27). The van der Waals surface area contributed by atoms with Gasteiger partial charge in [0.15, 0.2) is 0 Å². The van der Waals surface area contributed by atoms with Gasteiger partial charge in [0.2, 0.25) is 0 Å². The van der Waals surface area contributed by atoms with E-state index in [4.69, 9.17) is 10.6 Å². The van der Waals surface area contributed by atoms with E-state index in [2.05, 4.69) is 25.4 Å². The maximum atomic E-state index is 14.4. The van der Waals surface area contributed by atoms with E-state index in [1.807, 2.05) is 4.90 Å². The Morgan fingerprint density at radius 3 is 2.86 bits per heavy atom. The summed E-state index contributed by atoms with van der Waals surface area (Å²) in [5, 5.41) is 6.20. The summed E-state index contributed by atoms with van der Waals surface area (Å²) >= 11 is 0. The molecule has 2 heterocycles. The number of rotatable bonds is 6. The van der Waals surface area contributed by atoms with Gasteiger partial charge in [0.05, 0.1) is 49.3 Å². The lowest BCUT2D eigenvalue weighted by Gasteiger charge is -2.29. The molecule has 1 aromatic heterocycles. The van der Waals surface area contributed by atoms with Crippen LogP contribution in [0.1, 0.15) is 10.5 Å². The minimum atomic E-state index is -0.413. The predicted molar refractivity (Wildman–Crippen MR) is 104 cm³/mol. The molecule has 0 atom stereocenters. The number of hydrogen-bond donors (Lipinski definition) is 2. The van der Waals surface area contributed by atoms with E-state index >= 15 is 0 Å². The quantitative estimate of drug-likeness (QED) is 0.433. The van der Waals surface area contributed by atoms with Gasteiger partial charge in [0.1, 0.15) is 11.5 Å². The number of ether oxygens (including phenoxy) is 1. The van der Waals surface area contributed by atoms with Gasteiger partial charge in [0.25, 0.3) is 5.91 Å². The number of halogens is 1. The zero-order valence-corrected chi connectivity index (χ0v) is 15.1. The van der Waals surface area contributed by atoms with Gasteiger partial charge in [-0.05, 0) is 12.1 Å². The van der Waals surface area contributed by atoms with Crippen LogP contribution in [0.15, 0.2) is 46.9 Å². The largest absolute Gasteiger partial charge is 0.378 e. The first-order valence-electron chi connectivity index (χ1n) is 8.64. The Kier molecular flexibility index (Phi) is 6.58. The van der Waals surface area contributed by atoms with Crippen molar-refractivity contribution in [3.05, 3.63) is 48.3 Å². The zero-order valence-electron chi connectivity index (χ0n) is 15.1. The summed E-state index contributed by atoms with van der Waals surface area (Å²) in [6, 6.07) is 4.73. The molecule has 1 saturated heterocycles. The Morgan fingerprint density at radius 2 is 2.18 bits per heavy atom. The maximum Gasteiger partial charge on any atom is 0.271 e. The molecule has 3 N–H and O–H groups in total. The highest BCUT2D eigenvalue weighted by atomic mass is 19.1. The van der Waals surface area contributed by atoms with E-state index in [0.717, 1.165) is 0 Å². The summed E-state index contributed by atoms with van der Waals surface area (Å²) < 4.78 is 19.7. The molecular formula is C18H20FN7O2. The molecule has 1 fully saturated rings. The number of aromatic nitrogens is 2. The lowest BCUT2D eigenvalue weighted by Crippen LogP contribution is -2.36. The molecule has 146 valence electrons. The van der Waals surface area contributed by atoms with Crippen LogP contribution in [0.5, 0.6) is 0 Å². The van der Waals surface area contributed by atoms with Crippen LogP contribution < -0.4 is 16.1 Å². The van der Waals surface area contributed by atoms with Crippen molar-refractivity contribution in [2.75, 3.05) is 37.7 Å². The molecule has 0 bridgehead atoms. The molecule has 28 heavy (non-hydrogen) atoms. The van der Waals surface area contributed by atoms with Crippen molar-refractivity contribution in [1.82, 2.24) is 15.3 Å². The molecule has 1 amide bonds. The number of anilines is 1. The molecule has 1 aromatic carbocycles. The summed E-state index contributed by atoms with van der Waals surface area (Å²) in [6.07, 6.45) is 5.62. The number of nitrogens with zero attached hydrogens (tertiary/aromatic N) is 5. The van der Waals surface area contributed by atoms with E-state index < -0.39 is 5.91 Å². The van der Waals surface area contributed by atoms with Crippen molar-refractivity contribution in [1.29, 1.82) is 0 Å². The fraction of sp³-hybridized carbons (Fsp3) is 0.278. The van der Waals surface area contributed by atoms with Crippen molar-refractivity contribution in [3.63, 3.8) is 0 Å². The fourth-order valence-corrected chi connectivity index (χ4v) is 2.59. The Hall–Kier alpha value is -3.40. The minimum Gasteiger partial charge on any atom is -0.378 e. The Morgan fingerprint density at radius 1 is 1.36 bits per heavy atom. The highest BCUT2D eigenvalue weighted by Crippen LogP contribution is 2.24. The molecule has 0 spiro atoms. The number of carbonyl (C=O) groups is 1. The number of nitrogens with one attached hydrogen (secondary N) is 1. The summed E-state index contributed by atoms with van der Waals surface area (Å²) in [6.45, 7) is 2.50. The fourth-order valence-electron chi connectivity index (χ4n) is 2.59. The van der Waals surface area contributed by atoms with Crippen LogP contribution in [0.2, 0.25) is 0 Å². The number of nitrogens with two attached hydrogens (primary N) is 1. The van der Waals surface area contributed by atoms with Gasteiger partial charge in [-0.1, -0.05) is 0 Å². The molecule has 0 radical (unpaired) electrons. The second-order valence-electron chi connectivity index (χ2n) is 5.89. The molecule has 0 saturated carbocycles. The third kappa shape index (κ3) is 5.07.